The van der Waals surface area contributed by atoms with Crippen LogP contribution in [-0.2, 0) is 31.9 Å². The molecule has 17 nitrogen and oxygen atoms in total. The van der Waals surface area contributed by atoms with Crippen LogP contribution in [0.5, 0.6) is 11.5 Å². The summed E-state index contributed by atoms with van der Waals surface area (Å²) < 4.78 is 22.4. The van der Waals surface area contributed by atoms with Gasteiger partial charge in [-0.15, -0.1) is 12.4 Å². The molecule has 10 rings (SSSR count). The van der Waals surface area contributed by atoms with E-state index in [1.165, 1.54) is 18.3 Å². The molecule has 0 saturated carbocycles. The summed E-state index contributed by atoms with van der Waals surface area (Å²) in [5.41, 5.74) is 14.2. The number of carboxylic acids is 1. The monoisotopic (exact) mass is 1080 g/mol. The zero-order valence-corrected chi connectivity index (χ0v) is 42.3. The molecule has 6 heterocycles. The Bertz CT molecular complexity index is 2940. The Labute approximate surface area is 451 Å². The van der Waals surface area contributed by atoms with Crippen LogP contribution >= 0.6 is 35.6 Å². The average Bonchev–Trinajstić information content (AvgIpc) is 4.07. The summed E-state index contributed by atoms with van der Waals surface area (Å²) in [6, 6.07) is 30.0. The van der Waals surface area contributed by atoms with E-state index in [2.05, 4.69) is 37.8 Å². The summed E-state index contributed by atoms with van der Waals surface area (Å²) in [4.78, 5) is 51.1. The second-order valence-corrected chi connectivity index (χ2v) is 17.8. The van der Waals surface area contributed by atoms with E-state index >= 15 is 0 Å². The van der Waals surface area contributed by atoms with Crippen molar-refractivity contribution in [1.29, 1.82) is 0 Å². The number of aromatic nitrogens is 4. The molecule has 2 unspecified atom stereocenters. The van der Waals surface area contributed by atoms with Gasteiger partial charge in [-0.3, -0.25) is 14.4 Å². The van der Waals surface area contributed by atoms with Crippen LogP contribution in [0.3, 0.4) is 0 Å². The maximum absolute atomic E-state index is 12.7. The summed E-state index contributed by atoms with van der Waals surface area (Å²) in [7, 11) is 0. The van der Waals surface area contributed by atoms with Crippen molar-refractivity contribution in [1.82, 2.24) is 35.5 Å². The van der Waals surface area contributed by atoms with Gasteiger partial charge in [0.25, 0.3) is 11.8 Å². The maximum Gasteiger partial charge on any atom is 0.328 e. The summed E-state index contributed by atoms with van der Waals surface area (Å²) in [6.45, 7) is 5.68. The number of hydrogen-bond acceptors (Lipinski definition) is 13. The zero-order valence-electron chi connectivity index (χ0n) is 40.0. The van der Waals surface area contributed by atoms with E-state index < -0.39 is 5.97 Å². The largest absolute Gasteiger partial charge is 0.487 e. The predicted molar refractivity (Wildman–Crippen MR) is 289 cm³/mol. The van der Waals surface area contributed by atoms with Crippen LogP contribution in [-0.4, -0.2) is 137 Å². The lowest BCUT2D eigenvalue weighted by Crippen LogP contribution is -2.40. The fraction of sp³-hybridized carbons (Fsp3) is 0.273. The minimum atomic E-state index is -0.990. The van der Waals surface area contributed by atoms with Crippen molar-refractivity contribution in [3.05, 3.63) is 165 Å². The van der Waals surface area contributed by atoms with Gasteiger partial charge in [0.2, 0.25) is 5.91 Å². The summed E-state index contributed by atoms with van der Waals surface area (Å²) in [5.74, 6) is 0.223. The average molecular weight is 1080 g/mol. The molecule has 75 heavy (non-hydrogen) atoms. The highest BCUT2D eigenvalue weighted by Crippen LogP contribution is 2.41. The number of carboxylic acid groups (broad SMARTS) is 1. The number of nitrogens with zero attached hydrogens (tertiary/aromatic N) is 6. The standard InChI is InChI=1S/C27H25ClN4O4.C20H21ClN2O3.C7H6N2O2.CH4.ClH/c28-24-16-20(18-3-5-19(6-4-18)27(34)32-10-12-35-13-11-32)14-21-15-23(36-26(21)24)17-29-25(33)8-7-22-2-1-9-30-31-22;21-18-11-15(9-16-10-17(12-22)26-19(16)18)13-1-3-14(4-2-13)20(24)23-5-7-25-8-6-23;10-7(11)4-3-6-2-1-5-8-9-6;;/h1-9,14,16,23H,10-13,15,17H2,(H,29,33);1-4,9,11,17H,5-8,10,12,22H2;1-5H,(H,10,11);1H4;1H/b8-7+;;4-3+;;. The summed E-state index contributed by atoms with van der Waals surface area (Å²) >= 11 is 12.9. The highest BCUT2D eigenvalue weighted by atomic mass is 35.5. The SMILES string of the molecule is C.Cl.NCC1Cc2cc(-c3ccc(C(=O)N4CCOCC4)cc3)cc(Cl)c2O1.O=C(/C=C/c1cccnn1)NCC1Cc2cc(-c3ccc(C(=O)N4CCOCC4)cc3)cc(Cl)c2O1.O=C(O)/C=C/c1cccnn1. The fourth-order valence-corrected chi connectivity index (χ4v) is 8.83. The number of rotatable bonds is 11. The molecule has 4 aliphatic heterocycles. The molecule has 4 N–H and O–H groups in total. The van der Waals surface area contributed by atoms with Crippen molar-refractivity contribution in [3.63, 3.8) is 0 Å². The van der Waals surface area contributed by atoms with Crippen molar-refractivity contribution >= 4 is 71.5 Å². The van der Waals surface area contributed by atoms with Gasteiger partial charge in [0.1, 0.15) is 23.7 Å². The van der Waals surface area contributed by atoms with Gasteiger partial charge in [-0.2, -0.15) is 20.4 Å². The number of amides is 3. The van der Waals surface area contributed by atoms with Crippen molar-refractivity contribution in [2.24, 2.45) is 5.73 Å². The number of carbonyl (C=O) groups excluding carboxylic acids is 3. The molecule has 2 saturated heterocycles. The maximum atomic E-state index is 12.7. The Morgan fingerprint density at radius 3 is 1.51 bits per heavy atom. The lowest BCUT2D eigenvalue weighted by atomic mass is 9.99. The molecule has 2 atom stereocenters. The molecule has 0 aliphatic carbocycles. The number of ether oxygens (including phenoxy) is 4. The van der Waals surface area contributed by atoms with E-state index in [9.17, 15) is 19.2 Å². The third-order valence-corrected chi connectivity index (χ3v) is 12.5. The van der Waals surface area contributed by atoms with Crippen molar-refractivity contribution in [3.8, 4) is 33.8 Å². The molecule has 392 valence electrons. The molecule has 2 fully saturated rings. The molecule has 4 aliphatic rings. The van der Waals surface area contributed by atoms with Crippen molar-refractivity contribution in [2.45, 2.75) is 32.5 Å². The third kappa shape index (κ3) is 15.6. The lowest BCUT2D eigenvalue weighted by Gasteiger charge is -2.26. The van der Waals surface area contributed by atoms with Crippen LogP contribution in [0.4, 0.5) is 0 Å². The van der Waals surface area contributed by atoms with Gasteiger partial charge in [0.15, 0.2) is 0 Å². The summed E-state index contributed by atoms with van der Waals surface area (Å²) in [6.07, 6.45) is 9.71. The number of nitrogens with two attached hydrogens (primary N) is 1. The van der Waals surface area contributed by atoms with Crippen LogP contribution in [0.15, 0.2) is 122 Å². The number of morpholine rings is 2. The van der Waals surface area contributed by atoms with Gasteiger partial charge in [0, 0.05) is 92.4 Å². The van der Waals surface area contributed by atoms with Crippen LogP contribution < -0.4 is 20.5 Å². The number of fused-ring (bicyclic) bond motifs is 2. The quantitative estimate of drug-likeness (QED) is 0.106. The molecule has 0 bridgehead atoms. The van der Waals surface area contributed by atoms with Gasteiger partial charge in [-0.25, -0.2) is 4.79 Å². The number of halogens is 3. The summed E-state index contributed by atoms with van der Waals surface area (Å²) in [5, 5.41) is 27.1. The number of benzene rings is 4. The first-order valence-corrected chi connectivity index (χ1v) is 24.3. The third-order valence-electron chi connectivity index (χ3n) is 12.0. The first kappa shape index (κ1) is 57.0. The molecule has 4 aromatic carbocycles. The fourth-order valence-electron chi connectivity index (χ4n) is 8.26. The lowest BCUT2D eigenvalue weighted by molar-refractivity contribution is -0.131. The minimum absolute atomic E-state index is 0. The minimum Gasteiger partial charge on any atom is -0.487 e. The Balaban J connectivity index is 0.000000204. The van der Waals surface area contributed by atoms with E-state index in [-0.39, 0.29) is 49.8 Å². The molecule has 20 heteroatoms. The normalized spacial score (nSPS) is 16.3. The topological polar surface area (TPSA) is 222 Å². The number of carbonyl (C=O) groups is 4. The first-order chi connectivity index (χ1) is 35.5. The van der Waals surface area contributed by atoms with E-state index in [1.807, 2.05) is 70.5 Å². The van der Waals surface area contributed by atoms with E-state index in [1.54, 1.807) is 36.5 Å². The van der Waals surface area contributed by atoms with E-state index in [0.29, 0.717) is 110 Å². The molecule has 2 aromatic heterocycles. The smallest absolute Gasteiger partial charge is 0.328 e. The number of hydrogen-bond donors (Lipinski definition) is 3. The molecule has 6 aromatic rings. The zero-order chi connectivity index (χ0) is 51.1. The van der Waals surface area contributed by atoms with Crippen molar-refractivity contribution < 1.29 is 43.2 Å². The van der Waals surface area contributed by atoms with Crippen molar-refractivity contribution in [2.75, 3.05) is 65.7 Å². The van der Waals surface area contributed by atoms with Gasteiger partial charge in [-0.1, -0.05) is 54.9 Å². The highest BCUT2D eigenvalue weighted by molar-refractivity contribution is 6.33. The second kappa shape index (κ2) is 27.9. The van der Waals surface area contributed by atoms with Gasteiger partial charge < -0.3 is 44.9 Å². The van der Waals surface area contributed by atoms with Gasteiger partial charge in [-0.05, 0) is 107 Å². The van der Waals surface area contributed by atoms with Crippen LogP contribution in [0.25, 0.3) is 34.4 Å². The molecular weight excluding hydrogens is 1020 g/mol. The number of nitrogens with one attached hydrogen (secondary N) is 1. The van der Waals surface area contributed by atoms with Crippen LogP contribution in [0, 0.1) is 0 Å². The molecular formula is C55H57Cl3N8O9. The number of aliphatic carboxylic acids is 1. The molecule has 3 amide bonds. The molecule has 0 spiro atoms. The predicted octanol–water partition coefficient (Wildman–Crippen LogP) is 7.78. The first-order valence-electron chi connectivity index (χ1n) is 23.6. The Hall–Kier alpha value is -7.25. The Kier molecular flexibility index (Phi) is 21.2. The second-order valence-electron chi connectivity index (χ2n) is 17.0. The van der Waals surface area contributed by atoms with E-state index in [0.717, 1.165) is 51.6 Å². The van der Waals surface area contributed by atoms with Gasteiger partial charge in [0.05, 0.1) is 54.4 Å². The van der Waals surface area contributed by atoms with Gasteiger partial charge >= 0.3 is 5.97 Å². The van der Waals surface area contributed by atoms with Crippen LogP contribution in [0.1, 0.15) is 50.7 Å². The van der Waals surface area contributed by atoms with Crippen LogP contribution in [0.2, 0.25) is 10.0 Å². The Morgan fingerprint density at radius 2 is 1.08 bits per heavy atom. The highest BCUT2D eigenvalue weighted by Gasteiger charge is 2.28. The molecule has 0 radical (unpaired) electrons. The Morgan fingerprint density at radius 1 is 0.640 bits per heavy atom. The van der Waals surface area contributed by atoms with E-state index in [4.69, 9.17) is 53.0 Å².